The molecule has 2 atom stereocenters. The number of hydrogen-bond donors (Lipinski definition) is 1. The number of ether oxygens (including phenoxy) is 2. The van der Waals surface area contributed by atoms with Gasteiger partial charge in [-0.1, -0.05) is 13.0 Å². The van der Waals surface area contributed by atoms with Crippen molar-refractivity contribution in [3.63, 3.8) is 0 Å². The van der Waals surface area contributed by atoms with Crippen LogP contribution < -0.4 is 10.1 Å². The molecule has 1 aromatic rings. The lowest BCUT2D eigenvalue weighted by Gasteiger charge is -2.17. The second kappa shape index (κ2) is 9.07. The Morgan fingerprint density at radius 1 is 1.37 bits per heavy atom. The standard InChI is InChI=1S/C14H23NO3S/c1-4-8-15-12(10-17-2)11-19(16)14-7-5-6-13(9-14)18-3/h5-7,9,12,15H,4,8,10-11H2,1-3H3. The van der Waals surface area contributed by atoms with E-state index < -0.39 is 10.8 Å². The number of rotatable bonds is 9. The maximum absolute atomic E-state index is 12.3. The Hall–Kier alpha value is -0.910. The van der Waals surface area contributed by atoms with E-state index in [0.717, 1.165) is 23.6 Å². The molecule has 4 nitrogen and oxygen atoms in total. The Balaban J connectivity index is 2.64. The van der Waals surface area contributed by atoms with Crippen LogP contribution in [0.25, 0.3) is 0 Å². The van der Waals surface area contributed by atoms with Crippen molar-refractivity contribution < 1.29 is 13.7 Å². The third-order valence-electron chi connectivity index (χ3n) is 2.71. The molecule has 0 aliphatic rings. The molecule has 0 radical (unpaired) electrons. The largest absolute Gasteiger partial charge is 0.497 e. The highest BCUT2D eigenvalue weighted by Crippen LogP contribution is 2.16. The summed E-state index contributed by atoms with van der Waals surface area (Å²) < 4.78 is 22.6. The normalized spacial score (nSPS) is 14.1. The molecule has 0 aliphatic carbocycles. The van der Waals surface area contributed by atoms with Crippen molar-refractivity contribution in [2.45, 2.75) is 24.3 Å². The predicted molar refractivity (Wildman–Crippen MR) is 78.2 cm³/mol. The van der Waals surface area contributed by atoms with Gasteiger partial charge in [0, 0.05) is 23.8 Å². The van der Waals surface area contributed by atoms with Crippen LogP contribution in [0, 0.1) is 0 Å². The summed E-state index contributed by atoms with van der Waals surface area (Å²) in [5, 5.41) is 3.35. The fraction of sp³-hybridized carbons (Fsp3) is 0.571. The maximum atomic E-state index is 12.3. The highest BCUT2D eigenvalue weighted by atomic mass is 32.2. The van der Waals surface area contributed by atoms with Crippen molar-refractivity contribution in [3.05, 3.63) is 24.3 Å². The van der Waals surface area contributed by atoms with Crippen LogP contribution in [-0.4, -0.2) is 43.4 Å². The minimum absolute atomic E-state index is 0.108. The van der Waals surface area contributed by atoms with Gasteiger partial charge in [-0.2, -0.15) is 0 Å². The van der Waals surface area contributed by atoms with Gasteiger partial charge in [-0.25, -0.2) is 0 Å². The highest BCUT2D eigenvalue weighted by molar-refractivity contribution is 7.85. The minimum Gasteiger partial charge on any atom is -0.497 e. The first-order chi connectivity index (χ1) is 9.21. The Bertz CT molecular complexity index is 398. The van der Waals surface area contributed by atoms with Crippen LogP contribution in [0.5, 0.6) is 5.75 Å². The maximum Gasteiger partial charge on any atom is 0.120 e. The SMILES string of the molecule is CCCNC(COC)CS(=O)c1cccc(OC)c1. The lowest BCUT2D eigenvalue weighted by atomic mass is 10.3. The molecule has 0 fully saturated rings. The minimum atomic E-state index is -1.05. The van der Waals surface area contributed by atoms with Crippen LogP contribution in [0.15, 0.2) is 29.2 Å². The van der Waals surface area contributed by atoms with Crippen molar-refractivity contribution in [1.29, 1.82) is 0 Å². The zero-order chi connectivity index (χ0) is 14.1. The molecule has 0 saturated heterocycles. The summed E-state index contributed by atoms with van der Waals surface area (Å²) in [6, 6.07) is 7.50. The van der Waals surface area contributed by atoms with Gasteiger partial charge in [0.05, 0.1) is 24.5 Å². The number of benzene rings is 1. The van der Waals surface area contributed by atoms with Crippen LogP contribution in [0.3, 0.4) is 0 Å². The molecular formula is C14H23NO3S. The summed E-state index contributed by atoms with van der Waals surface area (Å²) in [6.07, 6.45) is 1.05. The first-order valence-electron chi connectivity index (χ1n) is 6.46. The first kappa shape index (κ1) is 16.1. The molecule has 1 aromatic carbocycles. The van der Waals surface area contributed by atoms with Crippen molar-refractivity contribution in [1.82, 2.24) is 5.32 Å². The smallest absolute Gasteiger partial charge is 0.120 e. The molecule has 0 bridgehead atoms. The quantitative estimate of drug-likeness (QED) is 0.752. The van der Waals surface area contributed by atoms with Gasteiger partial charge < -0.3 is 14.8 Å². The molecular weight excluding hydrogens is 262 g/mol. The van der Waals surface area contributed by atoms with Crippen LogP contribution in [0.1, 0.15) is 13.3 Å². The fourth-order valence-corrected chi connectivity index (χ4v) is 2.99. The molecule has 1 rings (SSSR count). The van der Waals surface area contributed by atoms with Gasteiger partial charge in [0.1, 0.15) is 5.75 Å². The monoisotopic (exact) mass is 285 g/mol. The Kier molecular flexibility index (Phi) is 7.70. The molecule has 0 spiro atoms. The molecule has 19 heavy (non-hydrogen) atoms. The van der Waals surface area contributed by atoms with E-state index in [1.807, 2.05) is 24.3 Å². The summed E-state index contributed by atoms with van der Waals surface area (Å²) in [6.45, 7) is 3.58. The topological polar surface area (TPSA) is 47.6 Å². The van der Waals surface area contributed by atoms with E-state index in [0.29, 0.717) is 12.4 Å². The van der Waals surface area contributed by atoms with Gasteiger partial charge in [0.25, 0.3) is 0 Å². The zero-order valence-electron chi connectivity index (χ0n) is 11.8. The van der Waals surface area contributed by atoms with Crippen molar-refractivity contribution in [2.24, 2.45) is 0 Å². The summed E-state index contributed by atoms with van der Waals surface area (Å²) >= 11 is 0. The van der Waals surface area contributed by atoms with Gasteiger partial charge in [0.2, 0.25) is 0 Å². The van der Waals surface area contributed by atoms with E-state index in [2.05, 4.69) is 12.2 Å². The van der Waals surface area contributed by atoms with E-state index in [-0.39, 0.29) is 6.04 Å². The lowest BCUT2D eigenvalue weighted by molar-refractivity contribution is 0.173. The van der Waals surface area contributed by atoms with Gasteiger partial charge in [0.15, 0.2) is 0 Å². The van der Waals surface area contributed by atoms with Crippen LogP contribution in [0.4, 0.5) is 0 Å². The van der Waals surface area contributed by atoms with Crippen molar-refractivity contribution >= 4 is 10.8 Å². The molecule has 108 valence electrons. The van der Waals surface area contributed by atoms with Crippen LogP contribution in [0.2, 0.25) is 0 Å². The van der Waals surface area contributed by atoms with Crippen molar-refractivity contribution in [3.8, 4) is 5.75 Å². The molecule has 0 heterocycles. The number of hydrogen-bond acceptors (Lipinski definition) is 4. The highest BCUT2D eigenvalue weighted by Gasteiger charge is 2.13. The van der Waals surface area contributed by atoms with E-state index in [9.17, 15) is 4.21 Å². The third-order valence-corrected chi connectivity index (χ3v) is 4.19. The Labute approximate surface area is 118 Å². The predicted octanol–water partition coefficient (Wildman–Crippen LogP) is 1.82. The third kappa shape index (κ3) is 5.72. The Morgan fingerprint density at radius 2 is 2.16 bits per heavy atom. The average Bonchev–Trinajstić information content (AvgIpc) is 2.45. The summed E-state index contributed by atoms with van der Waals surface area (Å²) in [5.74, 6) is 1.27. The van der Waals surface area contributed by atoms with Gasteiger partial charge >= 0.3 is 0 Å². The van der Waals surface area contributed by atoms with Crippen molar-refractivity contribution in [2.75, 3.05) is 33.1 Å². The van der Waals surface area contributed by atoms with Gasteiger partial charge in [-0.15, -0.1) is 0 Å². The average molecular weight is 285 g/mol. The first-order valence-corrected chi connectivity index (χ1v) is 7.77. The molecule has 5 heteroatoms. The lowest BCUT2D eigenvalue weighted by Crippen LogP contribution is -2.38. The Morgan fingerprint density at radius 3 is 2.79 bits per heavy atom. The summed E-state index contributed by atoms with van der Waals surface area (Å²) in [7, 11) is 2.22. The van der Waals surface area contributed by atoms with E-state index >= 15 is 0 Å². The van der Waals surface area contributed by atoms with Crippen LogP contribution >= 0.6 is 0 Å². The molecule has 1 N–H and O–H groups in total. The van der Waals surface area contributed by atoms with E-state index in [4.69, 9.17) is 9.47 Å². The van der Waals surface area contributed by atoms with Gasteiger partial charge in [-0.05, 0) is 31.2 Å². The van der Waals surface area contributed by atoms with Crippen LogP contribution in [-0.2, 0) is 15.5 Å². The second-order valence-electron chi connectivity index (χ2n) is 4.30. The summed E-state index contributed by atoms with van der Waals surface area (Å²) in [4.78, 5) is 0.791. The molecule has 0 amide bonds. The molecule has 2 unspecified atom stereocenters. The van der Waals surface area contributed by atoms with Gasteiger partial charge in [-0.3, -0.25) is 4.21 Å². The fourth-order valence-electron chi connectivity index (χ4n) is 1.74. The molecule has 0 saturated carbocycles. The van der Waals surface area contributed by atoms with E-state index in [1.54, 1.807) is 14.2 Å². The summed E-state index contributed by atoms with van der Waals surface area (Å²) in [5.41, 5.74) is 0. The second-order valence-corrected chi connectivity index (χ2v) is 5.79. The number of methoxy groups -OCH3 is 2. The zero-order valence-corrected chi connectivity index (χ0v) is 12.7. The molecule has 0 aromatic heterocycles. The number of nitrogens with one attached hydrogen (secondary N) is 1. The molecule has 0 aliphatic heterocycles. The van der Waals surface area contributed by atoms with E-state index in [1.165, 1.54) is 0 Å².